The summed E-state index contributed by atoms with van der Waals surface area (Å²) >= 11 is 0. The van der Waals surface area contributed by atoms with Crippen LogP contribution in [0, 0.1) is 13.8 Å². The molecule has 1 aromatic carbocycles. The maximum Gasteiger partial charge on any atom is 0.251 e. The molecule has 1 aromatic heterocycles. The predicted octanol–water partition coefficient (Wildman–Crippen LogP) is 1.65. The highest BCUT2D eigenvalue weighted by Gasteiger charge is 2.10. The highest BCUT2D eigenvalue weighted by atomic mass is 16.2. The molecule has 106 valence electrons. The van der Waals surface area contributed by atoms with E-state index in [4.69, 9.17) is 0 Å². The summed E-state index contributed by atoms with van der Waals surface area (Å²) in [5.74, 6) is -0.244. The second kappa shape index (κ2) is 5.77. The minimum Gasteiger partial charge on any atom is -0.359 e. The van der Waals surface area contributed by atoms with Crippen molar-refractivity contribution in [2.45, 2.75) is 20.3 Å². The summed E-state index contributed by atoms with van der Waals surface area (Å²) in [7, 11) is 1.58. The molecule has 3 N–H and O–H groups in total. The number of aromatic amines is 1. The maximum absolute atomic E-state index is 12.0. The number of aryl methyl sites for hydroxylation is 2. The van der Waals surface area contributed by atoms with Crippen molar-refractivity contribution in [1.29, 1.82) is 0 Å². The Labute approximate surface area is 117 Å². The molecule has 0 saturated heterocycles. The lowest BCUT2D eigenvalue weighted by molar-refractivity contribution is -0.120. The number of benzene rings is 1. The van der Waals surface area contributed by atoms with Gasteiger partial charge in [-0.05, 0) is 37.6 Å². The molecule has 2 amide bonds. The SMILES string of the molecule is CNC(=O)CCNC(=O)c1ccc2[nH]c(C)c(C)c2c1. The van der Waals surface area contributed by atoms with Crippen molar-refractivity contribution < 1.29 is 9.59 Å². The predicted molar refractivity (Wildman–Crippen MR) is 78.8 cm³/mol. The van der Waals surface area contributed by atoms with Crippen molar-refractivity contribution in [3.8, 4) is 0 Å². The van der Waals surface area contributed by atoms with Gasteiger partial charge in [0.2, 0.25) is 5.91 Å². The lowest BCUT2D eigenvalue weighted by Gasteiger charge is -2.05. The Kier molecular flexibility index (Phi) is 4.08. The molecular formula is C15H19N3O2. The van der Waals surface area contributed by atoms with Gasteiger partial charge >= 0.3 is 0 Å². The number of aromatic nitrogens is 1. The summed E-state index contributed by atoms with van der Waals surface area (Å²) in [5.41, 5.74) is 3.90. The van der Waals surface area contributed by atoms with E-state index in [1.807, 2.05) is 26.0 Å². The van der Waals surface area contributed by atoms with E-state index in [0.29, 0.717) is 12.1 Å². The van der Waals surface area contributed by atoms with Crippen molar-refractivity contribution >= 4 is 22.7 Å². The van der Waals surface area contributed by atoms with Crippen molar-refractivity contribution in [2.24, 2.45) is 0 Å². The Morgan fingerprint density at radius 3 is 2.70 bits per heavy atom. The van der Waals surface area contributed by atoms with Crippen LogP contribution in [-0.4, -0.2) is 30.4 Å². The molecule has 0 saturated carbocycles. The van der Waals surface area contributed by atoms with Gasteiger partial charge in [0.1, 0.15) is 0 Å². The molecule has 0 bridgehead atoms. The molecule has 2 rings (SSSR count). The summed E-state index contributed by atoms with van der Waals surface area (Å²) in [5, 5.41) is 6.32. The molecule has 20 heavy (non-hydrogen) atoms. The van der Waals surface area contributed by atoms with E-state index in [0.717, 1.165) is 22.2 Å². The molecule has 2 aromatic rings. The topological polar surface area (TPSA) is 74.0 Å². The molecule has 0 aliphatic heterocycles. The lowest BCUT2D eigenvalue weighted by Crippen LogP contribution is -2.29. The van der Waals surface area contributed by atoms with Crippen LogP contribution in [0.15, 0.2) is 18.2 Å². The Morgan fingerprint density at radius 1 is 1.25 bits per heavy atom. The van der Waals surface area contributed by atoms with E-state index in [1.54, 1.807) is 13.1 Å². The molecule has 1 heterocycles. The number of rotatable bonds is 4. The third kappa shape index (κ3) is 2.82. The first kappa shape index (κ1) is 14.1. The first-order valence-corrected chi connectivity index (χ1v) is 6.60. The van der Waals surface area contributed by atoms with Gasteiger partial charge in [-0.1, -0.05) is 0 Å². The number of hydrogen-bond acceptors (Lipinski definition) is 2. The summed E-state index contributed by atoms with van der Waals surface area (Å²) in [6.07, 6.45) is 0.284. The highest BCUT2D eigenvalue weighted by Crippen LogP contribution is 2.22. The van der Waals surface area contributed by atoms with Crippen LogP contribution in [0.1, 0.15) is 28.0 Å². The third-order valence-electron chi connectivity index (χ3n) is 3.49. The second-order valence-electron chi connectivity index (χ2n) is 4.81. The largest absolute Gasteiger partial charge is 0.359 e. The van der Waals surface area contributed by atoms with E-state index in [1.165, 1.54) is 0 Å². The number of fused-ring (bicyclic) bond motifs is 1. The average molecular weight is 273 g/mol. The monoisotopic (exact) mass is 273 g/mol. The van der Waals surface area contributed by atoms with Gasteiger partial charge < -0.3 is 15.6 Å². The Hall–Kier alpha value is -2.30. The van der Waals surface area contributed by atoms with Crippen LogP contribution in [0.25, 0.3) is 10.9 Å². The smallest absolute Gasteiger partial charge is 0.251 e. The van der Waals surface area contributed by atoms with Crippen LogP contribution in [0.5, 0.6) is 0 Å². The molecule has 0 aliphatic carbocycles. The highest BCUT2D eigenvalue weighted by molar-refractivity contribution is 5.99. The third-order valence-corrected chi connectivity index (χ3v) is 3.49. The standard InChI is InChI=1S/C15H19N3O2/c1-9-10(2)18-13-5-4-11(8-12(9)13)15(20)17-7-6-14(19)16-3/h4-5,8,18H,6-7H2,1-3H3,(H,16,19)(H,17,20). The van der Waals surface area contributed by atoms with Crippen LogP contribution in [0.2, 0.25) is 0 Å². The minimum absolute atomic E-state index is 0.0853. The van der Waals surface area contributed by atoms with Crippen molar-refractivity contribution in [3.05, 3.63) is 35.0 Å². The number of H-pyrrole nitrogens is 1. The van der Waals surface area contributed by atoms with Crippen LogP contribution in [0.4, 0.5) is 0 Å². The molecule has 5 heteroatoms. The molecule has 0 atom stereocenters. The summed E-state index contributed by atoms with van der Waals surface area (Å²) in [4.78, 5) is 26.4. The fraction of sp³-hybridized carbons (Fsp3) is 0.333. The fourth-order valence-corrected chi connectivity index (χ4v) is 2.12. The van der Waals surface area contributed by atoms with Crippen LogP contribution in [0.3, 0.4) is 0 Å². The number of nitrogens with one attached hydrogen (secondary N) is 3. The molecule has 0 aliphatic rings. The molecule has 5 nitrogen and oxygen atoms in total. The zero-order valence-electron chi connectivity index (χ0n) is 12.0. The van der Waals surface area contributed by atoms with Crippen LogP contribution < -0.4 is 10.6 Å². The fourth-order valence-electron chi connectivity index (χ4n) is 2.12. The maximum atomic E-state index is 12.0. The molecule has 0 fully saturated rings. The van der Waals surface area contributed by atoms with Crippen molar-refractivity contribution in [2.75, 3.05) is 13.6 Å². The number of carbonyl (C=O) groups is 2. The van der Waals surface area contributed by atoms with Crippen molar-refractivity contribution in [3.63, 3.8) is 0 Å². The van der Waals surface area contributed by atoms with Gasteiger partial charge in [0.05, 0.1) is 0 Å². The number of amides is 2. The van der Waals surface area contributed by atoms with E-state index < -0.39 is 0 Å². The number of carbonyl (C=O) groups excluding carboxylic acids is 2. The summed E-state index contributed by atoms with van der Waals surface area (Å²) in [6.45, 7) is 4.38. The summed E-state index contributed by atoms with van der Waals surface area (Å²) in [6, 6.07) is 5.57. The summed E-state index contributed by atoms with van der Waals surface area (Å²) < 4.78 is 0. The van der Waals surface area contributed by atoms with Gasteiger partial charge in [-0.25, -0.2) is 0 Å². The molecule has 0 radical (unpaired) electrons. The Bertz CT molecular complexity index is 658. The van der Waals surface area contributed by atoms with Crippen molar-refractivity contribution in [1.82, 2.24) is 15.6 Å². The first-order valence-electron chi connectivity index (χ1n) is 6.60. The van der Waals surface area contributed by atoms with Gasteiger partial charge in [-0.3, -0.25) is 9.59 Å². The number of hydrogen-bond donors (Lipinski definition) is 3. The van der Waals surface area contributed by atoms with E-state index in [2.05, 4.69) is 15.6 Å². The lowest BCUT2D eigenvalue weighted by atomic mass is 10.1. The van der Waals surface area contributed by atoms with Gasteiger partial charge in [-0.2, -0.15) is 0 Å². The normalized spacial score (nSPS) is 10.6. The van der Waals surface area contributed by atoms with Gasteiger partial charge in [0, 0.05) is 42.2 Å². The zero-order valence-corrected chi connectivity index (χ0v) is 12.0. The molecule has 0 spiro atoms. The van der Waals surface area contributed by atoms with Gasteiger partial charge in [-0.15, -0.1) is 0 Å². The zero-order chi connectivity index (χ0) is 14.7. The van der Waals surface area contributed by atoms with E-state index in [9.17, 15) is 9.59 Å². The Morgan fingerprint density at radius 2 is 2.00 bits per heavy atom. The minimum atomic E-state index is -0.158. The van der Waals surface area contributed by atoms with Gasteiger partial charge in [0.15, 0.2) is 0 Å². The first-order chi connectivity index (χ1) is 9.52. The van der Waals surface area contributed by atoms with E-state index >= 15 is 0 Å². The Balaban J connectivity index is 2.10. The average Bonchev–Trinajstić information content (AvgIpc) is 2.73. The van der Waals surface area contributed by atoms with Crippen LogP contribution >= 0.6 is 0 Å². The van der Waals surface area contributed by atoms with Gasteiger partial charge in [0.25, 0.3) is 5.91 Å². The second-order valence-corrected chi connectivity index (χ2v) is 4.81. The van der Waals surface area contributed by atoms with E-state index in [-0.39, 0.29) is 18.2 Å². The van der Waals surface area contributed by atoms with Crippen LogP contribution in [-0.2, 0) is 4.79 Å². The quantitative estimate of drug-likeness (QED) is 0.792. The molecule has 0 unspecified atom stereocenters. The molecular weight excluding hydrogens is 254 g/mol.